The van der Waals surface area contributed by atoms with Gasteiger partial charge in [0, 0.05) is 12.1 Å². The topological polar surface area (TPSA) is 41.1 Å². The van der Waals surface area contributed by atoms with Crippen molar-refractivity contribution in [2.45, 2.75) is 38.1 Å². The van der Waals surface area contributed by atoms with Crippen molar-refractivity contribution >= 4 is 11.7 Å². The molecule has 1 aromatic carbocycles. The Hall–Kier alpha value is -1.65. The van der Waals surface area contributed by atoms with Gasteiger partial charge in [0.1, 0.15) is 11.6 Å². The van der Waals surface area contributed by atoms with Crippen LogP contribution in [0.1, 0.15) is 32.1 Å². The summed E-state index contributed by atoms with van der Waals surface area (Å²) in [7, 11) is 0. The number of urea groups is 1. The summed E-state index contributed by atoms with van der Waals surface area (Å²) in [5.74, 6) is -1.43. The highest BCUT2D eigenvalue weighted by molar-refractivity contribution is 5.89. The number of hydrogen-bond donors (Lipinski definition) is 2. The summed E-state index contributed by atoms with van der Waals surface area (Å²) in [4.78, 5) is 11.6. The number of carbonyl (C=O) groups excluding carboxylic acids is 1. The fourth-order valence-corrected chi connectivity index (χ4v) is 2.18. The van der Waals surface area contributed by atoms with Crippen LogP contribution >= 0.6 is 0 Å². The summed E-state index contributed by atoms with van der Waals surface area (Å²) in [6, 6.07) is 2.79. The highest BCUT2D eigenvalue weighted by Gasteiger charge is 2.16. The molecule has 0 aliphatic heterocycles. The molecule has 1 saturated carbocycles. The summed E-state index contributed by atoms with van der Waals surface area (Å²) in [6.07, 6.45) is 5.33. The fraction of sp³-hybridized carbons (Fsp3) is 0.462. The minimum atomic E-state index is -0.770. The van der Waals surface area contributed by atoms with Gasteiger partial charge in [-0.3, -0.25) is 0 Å². The maximum atomic E-state index is 13.3. The molecule has 1 aliphatic carbocycles. The number of anilines is 1. The van der Waals surface area contributed by atoms with Crippen LogP contribution in [0.2, 0.25) is 0 Å². The van der Waals surface area contributed by atoms with Crippen LogP contribution in [-0.2, 0) is 0 Å². The number of halogens is 2. The van der Waals surface area contributed by atoms with E-state index in [-0.39, 0.29) is 11.7 Å². The Kier molecular flexibility index (Phi) is 4.12. The van der Waals surface area contributed by atoms with Crippen LogP contribution in [0.3, 0.4) is 0 Å². The Balaban J connectivity index is 1.90. The van der Waals surface area contributed by atoms with E-state index in [0.717, 1.165) is 37.8 Å². The first-order valence-electron chi connectivity index (χ1n) is 6.18. The second kappa shape index (κ2) is 5.80. The van der Waals surface area contributed by atoms with Gasteiger partial charge in [0.05, 0.1) is 5.69 Å². The van der Waals surface area contributed by atoms with Gasteiger partial charge in [-0.25, -0.2) is 13.6 Å². The molecule has 1 fully saturated rings. The third-order valence-electron chi connectivity index (χ3n) is 3.12. The highest BCUT2D eigenvalue weighted by atomic mass is 19.1. The Morgan fingerprint density at radius 1 is 1.17 bits per heavy atom. The third kappa shape index (κ3) is 3.42. The van der Waals surface area contributed by atoms with Crippen molar-refractivity contribution in [3.05, 3.63) is 29.8 Å². The van der Waals surface area contributed by atoms with E-state index in [4.69, 9.17) is 0 Å². The average molecular weight is 254 g/mol. The molecule has 1 aromatic rings. The van der Waals surface area contributed by atoms with E-state index in [9.17, 15) is 13.6 Å². The van der Waals surface area contributed by atoms with Gasteiger partial charge in [-0.05, 0) is 25.0 Å². The molecule has 2 amide bonds. The van der Waals surface area contributed by atoms with Gasteiger partial charge >= 0.3 is 6.03 Å². The Bertz CT molecular complexity index is 431. The van der Waals surface area contributed by atoms with Crippen LogP contribution in [-0.4, -0.2) is 12.1 Å². The first-order chi connectivity index (χ1) is 8.65. The van der Waals surface area contributed by atoms with Gasteiger partial charge in [0.15, 0.2) is 0 Å². The summed E-state index contributed by atoms with van der Waals surface area (Å²) in [5, 5.41) is 5.19. The van der Waals surface area contributed by atoms with E-state index >= 15 is 0 Å². The molecule has 0 unspecified atom stereocenters. The van der Waals surface area contributed by atoms with Crippen molar-refractivity contribution in [1.29, 1.82) is 0 Å². The summed E-state index contributed by atoms with van der Waals surface area (Å²) < 4.78 is 26.0. The van der Waals surface area contributed by atoms with Gasteiger partial charge < -0.3 is 10.6 Å². The van der Waals surface area contributed by atoms with Crippen LogP contribution < -0.4 is 10.6 Å². The van der Waals surface area contributed by atoms with E-state index in [2.05, 4.69) is 10.6 Å². The van der Waals surface area contributed by atoms with Gasteiger partial charge in [0.25, 0.3) is 0 Å². The van der Waals surface area contributed by atoms with Crippen molar-refractivity contribution in [3.63, 3.8) is 0 Å². The molecule has 1 aliphatic rings. The maximum Gasteiger partial charge on any atom is 0.319 e. The van der Waals surface area contributed by atoms with E-state index in [0.29, 0.717) is 0 Å². The van der Waals surface area contributed by atoms with Crippen molar-refractivity contribution in [3.8, 4) is 0 Å². The molecule has 0 spiro atoms. The molecule has 3 nitrogen and oxygen atoms in total. The molecular weight excluding hydrogens is 238 g/mol. The Morgan fingerprint density at radius 3 is 2.56 bits per heavy atom. The molecule has 0 bridgehead atoms. The van der Waals surface area contributed by atoms with Crippen LogP contribution in [0.4, 0.5) is 19.3 Å². The molecule has 5 heteroatoms. The Morgan fingerprint density at radius 2 is 1.89 bits per heavy atom. The quantitative estimate of drug-likeness (QED) is 0.834. The minimum absolute atomic E-state index is 0.00953. The first-order valence-corrected chi connectivity index (χ1v) is 6.18. The summed E-state index contributed by atoms with van der Waals surface area (Å²) in [5.41, 5.74) is -0.00953. The monoisotopic (exact) mass is 254 g/mol. The molecule has 2 N–H and O–H groups in total. The van der Waals surface area contributed by atoms with Crippen molar-refractivity contribution < 1.29 is 13.6 Å². The Labute approximate surface area is 105 Å². The van der Waals surface area contributed by atoms with Gasteiger partial charge in [0.2, 0.25) is 0 Å². The second-order valence-electron chi connectivity index (χ2n) is 4.56. The van der Waals surface area contributed by atoms with Crippen molar-refractivity contribution in [1.82, 2.24) is 5.32 Å². The fourth-order valence-electron chi connectivity index (χ4n) is 2.18. The van der Waals surface area contributed by atoms with Crippen LogP contribution in [0.5, 0.6) is 0 Å². The molecule has 0 radical (unpaired) electrons. The molecule has 0 heterocycles. The predicted molar refractivity (Wildman–Crippen MR) is 65.4 cm³/mol. The van der Waals surface area contributed by atoms with Gasteiger partial charge in [-0.2, -0.15) is 0 Å². The van der Waals surface area contributed by atoms with E-state index in [1.165, 1.54) is 12.5 Å². The van der Waals surface area contributed by atoms with Gasteiger partial charge in [-0.15, -0.1) is 0 Å². The largest absolute Gasteiger partial charge is 0.335 e. The summed E-state index contributed by atoms with van der Waals surface area (Å²) in [6.45, 7) is 0. The summed E-state index contributed by atoms with van der Waals surface area (Å²) >= 11 is 0. The molecule has 18 heavy (non-hydrogen) atoms. The van der Waals surface area contributed by atoms with Crippen LogP contribution in [0, 0.1) is 11.6 Å². The zero-order valence-electron chi connectivity index (χ0n) is 10.0. The normalized spacial score (nSPS) is 16.3. The lowest BCUT2D eigenvalue weighted by Crippen LogP contribution is -2.39. The van der Waals surface area contributed by atoms with Crippen LogP contribution in [0.15, 0.2) is 18.2 Å². The zero-order chi connectivity index (χ0) is 13.0. The SMILES string of the molecule is O=C(Nc1ccc(F)cc1F)NC1CCCCC1. The number of benzene rings is 1. The van der Waals surface area contributed by atoms with E-state index in [1.807, 2.05) is 0 Å². The third-order valence-corrected chi connectivity index (χ3v) is 3.12. The lowest BCUT2D eigenvalue weighted by Gasteiger charge is -2.22. The standard InChI is InChI=1S/C13H16F2N2O/c14-9-6-7-12(11(15)8-9)17-13(18)16-10-4-2-1-3-5-10/h6-8,10H,1-5H2,(H2,16,17,18). The number of hydrogen-bond acceptors (Lipinski definition) is 1. The van der Waals surface area contributed by atoms with Crippen molar-refractivity contribution in [2.75, 3.05) is 5.32 Å². The van der Waals surface area contributed by atoms with E-state index in [1.54, 1.807) is 0 Å². The maximum absolute atomic E-state index is 13.3. The lowest BCUT2D eigenvalue weighted by atomic mass is 9.96. The second-order valence-corrected chi connectivity index (χ2v) is 4.56. The zero-order valence-corrected chi connectivity index (χ0v) is 10.0. The number of nitrogens with one attached hydrogen (secondary N) is 2. The number of rotatable bonds is 2. The van der Waals surface area contributed by atoms with Gasteiger partial charge in [-0.1, -0.05) is 19.3 Å². The van der Waals surface area contributed by atoms with Crippen LogP contribution in [0.25, 0.3) is 0 Å². The average Bonchev–Trinajstić information content (AvgIpc) is 2.34. The highest BCUT2D eigenvalue weighted by Crippen LogP contribution is 2.18. The molecule has 98 valence electrons. The first kappa shape index (κ1) is 12.8. The number of carbonyl (C=O) groups is 1. The predicted octanol–water partition coefficient (Wildman–Crippen LogP) is 3.42. The van der Waals surface area contributed by atoms with E-state index < -0.39 is 17.7 Å². The number of amides is 2. The molecule has 0 aromatic heterocycles. The molecule has 0 saturated heterocycles. The smallest absolute Gasteiger partial charge is 0.319 e. The molecule has 0 atom stereocenters. The van der Waals surface area contributed by atoms with Crippen molar-refractivity contribution in [2.24, 2.45) is 0 Å². The lowest BCUT2D eigenvalue weighted by molar-refractivity contribution is 0.244. The molecular formula is C13H16F2N2O. The minimum Gasteiger partial charge on any atom is -0.335 e. The molecule has 2 rings (SSSR count).